The summed E-state index contributed by atoms with van der Waals surface area (Å²) in [7, 11) is 1.69. The van der Waals surface area contributed by atoms with E-state index in [-0.39, 0.29) is 18.4 Å². The minimum Gasteiger partial charge on any atom is -0.496 e. The van der Waals surface area contributed by atoms with Crippen LogP contribution in [-0.2, 0) is 13.1 Å². The average molecular weight is 490 g/mol. The number of imide groups is 1. The SMILES string of the molecule is COc1ccc(CN2CCN(c3cccc4c3C(=O)N(Cc3ccccc3Cl)C4=O)CC2)cc1C. The molecule has 0 aliphatic carbocycles. The Morgan fingerprint density at radius 3 is 2.37 bits per heavy atom. The minimum atomic E-state index is -0.264. The highest BCUT2D eigenvalue weighted by Gasteiger charge is 2.39. The number of benzene rings is 3. The molecular formula is C28H28ClN3O3. The zero-order chi connectivity index (χ0) is 24.5. The van der Waals surface area contributed by atoms with Gasteiger partial charge in [-0.1, -0.05) is 48.0 Å². The number of aryl methyl sites for hydroxylation is 1. The topological polar surface area (TPSA) is 53.1 Å². The molecular weight excluding hydrogens is 462 g/mol. The molecule has 7 heteroatoms. The number of carbonyl (C=O) groups is 2. The van der Waals surface area contributed by atoms with Gasteiger partial charge in [0.15, 0.2) is 0 Å². The van der Waals surface area contributed by atoms with Crippen molar-refractivity contribution in [3.8, 4) is 5.75 Å². The van der Waals surface area contributed by atoms with E-state index in [0.717, 1.165) is 55.3 Å². The number of methoxy groups -OCH3 is 1. The van der Waals surface area contributed by atoms with Gasteiger partial charge in [0, 0.05) is 37.7 Å². The first-order valence-electron chi connectivity index (χ1n) is 11.8. The smallest absolute Gasteiger partial charge is 0.263 e. The lowest BCUT2D eigenvalue weighted by Gasteiger charge is -2.36. The number of anilines is 1. The molecule has 0 radical (unpaired) electrons. The van der Waals surface area contributed by atoms with Gasteiger partial charge in [-0.05, 0) is 47.9 Å². The minimum absolute atomic E-state index is 0.167. The molecule has 2 aliphatic heterocycles. The normalized spacial score (nSPS) is 16.1. The molecule has 5 rings (SSSR count). The maximum atomic E-state index is 13.4. The maximum Gasteiger partial charge on any atom is 0.263 e. The first kappa shape index (κ1) is 23.4. The summed E-state index contributed by atoms with van der Waals surface area (Å²) in [6, 6.07) is 19.2. The van der Waals surface area contributed by atoms with Crippen molar-refractivity contribution in [3.63, 3.8) is 0 Å². The number of hydrogen-bond donors (Lipinski definition) is 0. The molecule has 35 heavy (non-hydrogen) atoms. The highest BCUT2D eigenvalue weighted by Crippen LogP contribution is 2.34. The molecule has 0 atom stereocenters. The highest BCUT2D eigenvalue weighted by atomic mass is 35.5. The van der Waals surface area contributed by atoms with Crippen molar-refractivity contribution in [2.45, 2.75) is 20.0 Å². The van der Waals surface area contributed by atoms with Crippen LogP contribution in [0.4, 0.5) is 5.69 Å². The average Bonchev–Trinajstić information content (AvgIpc) is 3.11. The van der Waals surface area contributed by atoms with E-state index in [1.165, 1.54) is 10.5 Å². The number of hydrogen-bond acceptors (Lipinski definition) is 5. The third-order valence-corrected chi connectivity index (χ3v) is 7.21. The van der Waals surface area contributed by atoms with E-state index in [2.05, 4.69) is 28.9 Å². The fourth-order valence-electron chi connectivity index (χ4n) is 4.96. The largest absolute Gasteiger partial charge is 0.496 e. The quantitative estimate of drug-likeness (QED) is 0.467. The Morgan fingerprint density at radius 2 is 1.66 bits per heavy atom. The number of fused-ring (bicyclic) bond motifs is 1. The van der Waals surface area contributed by atoms with Crippen molar-refractivity contribution in [2.24, 2.45) is 0 Å². The van der Waals surface area contributed by atoms with Crippen LogP contribution in [0.15, 0.2) is 60.7 Å². The molecule has 180 valence electrons. The van der Waals surface area contributed by atoms with Gasteiger partial charge < -0.3 is 9.64 Å². The van der Waals surface area contributed by atoms with Gasteiger partial charge in [0.25, 0.3) is 11.8 Å². The van der Waals surface area contributed by atoms with Crippen molar-refractivity contribution < 1.29 is 14.3 Å². The molecule has 0 saturated carbocycles. The molecule has 1 saturated heterocycles. The first-order valence-corrected chi connectivity index (χ1v) is 12.2. The van der Waals surface area contributed by atoms with E-state index in [1.54, 1.807) is 19.2 Å². The summed E-state index contributed by atoms with van der Waals surface area (Å²) in [5, 5.41) is 0.549. The first-order chi connectivity index (χ1) is 17.0. The summed E-state index contributed by atoms with van der Waals surface area (Å²) < 4.78 is 5.37. The van der Waals surface area contributed by atoms with Crippen LogP contribution in [0.2, 0.25) is 5.02 Å². The second kappa shape index (κ2) is 9.72. The van der Waals surface area contributed by atoms with Crippen LogP contribution in [0.5, 0.6) is 5.75 Å². The summed E-state index contributed by atoms with van der Waals surface area (Å²) in [6.45, 7) is 6.42. The number of ether oxygens (including phenoxy) is 1. The molecule has 2 aliphatic rings. The Bertz CT molecular complexity index is 1280. The van der Waals surface area contributed by atoms with Gasteiger partial charge in [0.2, 0.25) is 0 Å². The van der Waals surface area contributed by atoms with Crippen LogP contribution in [0, 0.1) is 6.92 Å². The predicted molar refractivity (Wildman–Crippen MR) is 137 cm³/mol. The molecule has 6 nitrogen and oxygen atoms in total. The van der Waals surface area contributed by atoms with Gasteiger partial charge in [0.05, 0.1) is 30.5 Å². The number of nitrogens with zero attached hydrogens (tertiary/aromatic N) is 3. The second-order valence-corrected chi connectivity index (χ2v) is 9.46. The van der Waals surface area contributed by atoms with E-state index in [0.29, 0.717) is 16.1 Å². The van der Waals surface area contributed by atoms with Gasteiger partial charge in [-0.3, -0.25) is 19.4 Å². The molecule has 3 aromatic carbocycles. The lowest BCUT2D eigenvalue weighted by molar-refractivity contribution is 0.0642. The number of halogens is 1. The Balaban J connectivity index is 1.29. The fraction of sp³-hybridized carbons (Fsp3) is 0.286. The zero-order valence-corrected chi connectivity index (χ0v) is 20.7. The van der Waals surface area contributed by atoms with E-state index in [9.17, 15) is 9.59 Å². The molecule has 1 fully saturated rings. The van der Waals surface area contributed by atoms with Gasteiger partial charge in [-0.25, -0.2) is 0 Å². The van der Waals surface area contributed by atoms with Gasteiger partial charge in [0.1, 0.15) is 5.75 Å². The molecule has 0 N–H and O–H groups in total. The van der Waals surface area contributed by atoms with Gasteiger partial charge >= 0.3 is 0 Å². The van der Waals surface area contributed by atoms with Crippen LogP contribution >= 0.6 is 11.6 Å². The molecule has 0 aromatic heterocycles. The van der Waals surface area contributed by atoms with E-state index < -0.39 is 0 Å². The van der Waals surface area contributed by atoms with Crippen molar-refractivity contribution in [2.75, 3.05) is 38.2 Å². The van der Waals surface area contributed by atoms with E-state index in [4.69, 9.17) is 16.3 Å². The van der Waals surface area contributed by atoms with Crippen molar-refractivity contribution in [1.82, 2.24) is 9.80 Å². The third kappa shape index (κ3) is 4.51. The number of piperazine rings is 1. The van der Waals surface area contributed by atoms with Crippen molar-refractivity contribution in [3.05, 3.63) is 93.5 Å². The molecule has 2 amide bonds. The summed E-state index contributed by atoms with van der Waals surface area (Å²) in [5.74, 6) is 0.385. The summed E-state index contributed by atoms with van der Waals surface area (Å²) in [6.07, 6.45) is 0. The maximum absolute atomic E-state index is 13.4. The number of amides is 2. The van der Waals surface area contributed by atoms with Crippen LogP contribution in [0.25, 0.3) is 0 Å². The number of rotatable bonds is 6. The Labute approximate surface area is 210 Å². The number of carbonyl (C=O) groups excluding carboxylic acids is 2. The van der Waals surface area contributed by atoms with E-state index in [1.807, 2.05) is 36.4 Å². The molecule has 3 aromatic rings. The highest BCUT2D eigenvalue weighted by molar-refractivity contribution is 6.31. The van der Waals surface area contributed by atoms with Crippen LogP contribution < -0.4 is 9.64 Å². The van der Waals surface area contributed by atoms with Crippen molar-refractivity contribution >= 4 is 29.1 Å². The van der Waals surface area contributed by atoms with Gasteiger partial charge in [-0.2, -0.15) is 0 Å². The Morgan fingerprint density at radius 1 is 0.886 bits per heavy atom. The Kier molecular flexibility index (Phi) is 6.50. The monoisotopic (exact) mass is 489 g/mol. The Hall–Kier alpha value is -3.35. The van der Waals surface area contributed by atoms with Crippen LogP contribution in [-0.4, -0.2) is 54.9 Å². The van der Waals surface area contributed by atoms with E-state index >= 15 is 0 Å². The summed E-state index contributed by atoms with van der Waals surface area (Å²) >= 11 is 6.29. The standard InChI is InChI=1S/C28H28ClN3O3/c1-19-16-20(10-11-25(19)35-2)17-30-12-14-31(15-13-30)24-9-5-7-22-26(24)28(34)32(27(22)33)18-21-6-3-4-8-23(21)29/h3-11,16H,12-15,17-18H2,1-2H3. The van der Waals surface area contributed by atoms with Crippen molar-refractivity contribution in [1.29, 1.82) is 0 Å². The predicted octanol–water partition coefficient (Wildman–Crippen LogP) is 4.78. The zero-order valence-electron chi connectivity index (χ0n) is 20.0. The fourth-order valence-corrected chi connectivity index (χ4v) is 5.16. The van der Waals surface area contributed by atoms with Gasteiger partial charge in [-0.15, -0.1) is 0 Å². The van der Waals surface area contributed by atoms with Crippen LogP contribution in [0.1, 0.15) is 37.4 Å². The lowest BCUT2D eigenvalue weighted by atomic mass is 10.1. The summed E-state index contributed by atoms with van der Waals surface area (Å²) in [5.41, 5.74) is 4.95. The molecule has 0 unspecified atom stereocenters. The molecule has 0 spiro atoms. The molecule has 0 bridgehead atoms. The second-order valence-electron chi connectivity index (χ2n) is 9.05. The molecule has 2 heterocycles. The van der Waals surface area contributed by atoms with Crippen LogP contribution in [0.3, 0.4) is 0 Å². The lowest BCUT2D eigenvalue weighted by Crippen LogP contribution is -2.46. The summed E-state index contributed by atoms with van der Waals surface area (Å²) in [4.78, 5) is 32.4. The third-order valence-electron chi connectivity index (χ3n) is 6.84.